The van der Waals surface area contributed by atoms with E-state index < -0.39 is 0 Å². The standard InChI is InChI=1S/C12H15NO2/c1-7-4-8(2)11-10(5-7)15-6-9(3)12(14)13-11/h4-5,9H,6H2,1-3H3,(H,13,14). The first-order valence-electron chi connectivity index (χ1n) is 5.13. The number of benzene rings is 1. The number of hydrogen-bond acceptors (Lipinski definition) is 2. The summed E-state index contributed by atoms with van der Waals surface area (Å²) in [4.78, 5) is 11.6. The highest BCUT2D eigenvalue weighted by molar-refractivity contribution is 5.95. The van der Waals surface area contributed by atoms with Crippen LogP contribution in [0, 0.1) is 19.8 Å². The zero-order chi connectivity index (χ0) is 11.0. The number of fused-ring (bicyclic) bond motifs is 1. The van der Waals surface area contributed by atoms with Crippen molar-refractivity contribution in [3.63, 3.8) is 0 Å². The van der Waals surface area contributed by atoms with E-state index in [9.17, 15) is 4.79 Å². The van der Waals surface area contributed by atoms with Crippen molar-refractivity contribution >= 4 is 11.6 Å². The number of aryl methyl sites for hydroxylation is 2. The minimum absolute atomic E-state index is 0.0284. The SMILES string of the molecule is Cc1cc(C)c2c(c1)OCC(C)C(=O)N2. The summed E-state index contributed by atoms with van der Waals surface area (Å²) >= 11 is 0. The van der Waals surface area contributed by atoms with Crippen LogP contribution >= 0.6 is 0 Å². The molecule has 1 aromatic rings. The fourth-order valence-electron chi connectivity index (χ4n) is 1.74. The predicted molar refractivity (Wildman–Crippen MR) is 59.2 cm³/mol. The first-order chi connectivity index (χ1) is 7.08. The Morgan fingerprint density at radius 1 is 1.40 bits per heavy atom. The molecule has 3 nitrogen and oxygen atoms in total. The summed E-state index contributed by atoms with van der Waals surface area (Å²) in [6.07, 6.45) is 0. The lowest BCUT2D eigenvalue weighted by atomic mass is 10.1. The van der Waals surface area contributed by atoms with E-state index in [1.807, 2.05) is 32.9 Å². The summed E-state index contributed by atoms with van der Waals surface area (Å²) in [5, 5.41) is 2.90. The van der Waals surface area contributed by atoms with Gasteiger partial charge in [-0.05, 0) is 31.0 Å². The molecule has 1 heterocycles. The van der Waals surface area contributed by atoms with Crippen molar-refractivity contribution in [2.45, 2.75) is 20.8 Å². The molecule has 1 aliphatic rings. The average Bonchev–Trinajstić information content (AvgIpc) is 2.30. The van der Waals surface area contributed by atoms with Crippen LogP contribution in [0.25, 0.3) is 0 Å². The molecule has 0 radical (unpaired) electrons. The summed E-state index contributed by atoms with van der Waals surface area (Å²) in [5.74, 6) is 0.711. The molecule has 0 fully saturated rings. The molecule has 0 spiro atoms. The molecule has 1 unspecified atom stereocenters. The summed E-state index contributed by atoms with van der Waals surface area (Å²) in [6.45, 7) is 6.31. The molecule has 1 aliphatic heterocycles. The number of ether oxygens (including phenoxy) is 1. The van der Waals surface area contributed by atoms with E-state index >= 15 is 0 Å². The van der Waals surface area contributed by atoms with Crippen LogP contribution in [0.1, 0.15) is 18.1 Å². The van der Waals surface area contributed by atoms with Crippen LogP contribution in [0.4, 0.5) is 5.69 Å². The quantitative estimate of drug-likeness (QED) is 0.705. The maximum atomic E-state index is 11.6. The summed E-state index contributed by atoms with van der Waals surface area (Å²) in [5.41, 5.74) is 3.01. The largest absolute Gasteiger partial charge is 0.491 e. The molecule has 0 aliphatic carbocycles. The Morgan fingerprint density at radius 3 is 2.87 bits per heavy atom. The van der Waals surface area contributed by atoms with Crippen molar-refractivity contribution in [2.24, 2.45) is 5.92 Å². The van der Waals surface area contributed by atoms with Crippen LogP contribution in [0.2, 0.25) is 0 Å². The number of amides is 1. The molecular formula is C12H15NO2. The number of nitrogens with one attached hydrogen (secondary N) is 1. The van der Waals surface area contributed by atoms with Crippen LogP contribution in [-0.2, 0) is 4.79 Å². The van der Waals surface area contributed by atoms with Gasteiger partial charge in [0.15, 0.2) is 0 Å². The maximum Gasteiger partial charge on any atom is 0.230 e. The van der Waals surface area contributed by atoms with Gasteiger partial charge in [0.2, 0.25) is 5.91 Å². The van der Waals surface area contributed by atoms with Crippen LogP contribution in [0.3, 0.4) is 0 Å². The molecule has 0 saturated carbocycles. The Hall–Kier alpha value is -1.51. The molecule has 1 N–H and O–H groups in total. The van der Waals surface area contributed by atoms with Crippen LogP contribution in [-0.4, -0.2) is 12.5 Å². The van der Waals surface area contributed by atoms with Crippen molar-refractivity contribution in [2.75, 3.05) is 11.9 Å². The van der Waals surface area contributed by atoms with Crippen molar-refractivity contribution in [1.29, 1.82) is 0 Å². The van der Waals surface area contributed by atoms with Gasteiger partial charge in [0, 0.05) is 0 Å². The van der Waals surface area contributed by atoms with Gasteiger partial charge in [-0.25, -0.2) is 0 Å². The van der Waals surface area contributed by atoms with Crippen molar-refractivity contribution in [3.05, 3.63) is 23.3 Å². The van der Waals surface area contributed by atoms with E-state index in [2.05, 4.69) is 5.32 Å². The fourth-order valence-corrected chi connectivity index (χ4v) is 1.74. The molecule has 0 aromatic heterocycles. The first kappa shape index (κ1) is 10.0. The fraction of sp³-hybridized carbons (Fsp3) is 0.417. The third kappa shape index (κ3) is 1.82. The second-order valence-corrected chi connectivity index (χ2v) is 4.16. The topological polar surface area (TPSA) is 38.3 Å². The number of carbonyl (C=O) groups is 1. The highest BCUT2D eigenvalue weighted by atomic mass is 16.5. The van der Waals surface area contributed by atoms with Crippen molar-refractivity contribution < 1.29 is 9.53 Å². The summed E-state index contributed by atoms with van der Waals surface area (Å²) < 4.78 is 5.61. The van der Waals surface area contributed by atoms with E-state index in [4.69, 9.17) is 4.74 Å². The Kier molecular flexibility index (Phi) is 2.39. The highest BCUT2D eigenvalue weighted by Crippen LogP contribution is 2.32. The van der Waals surface area contributed by atoms with E-state index in [1.54, 1.807) is 0 Å². The maximum absolute atomic E-state index is 11.6. The van der Waals surface area contributed by atoms with Crippen LogP contribution in [0.5, 0.6) is 5.75 Å². The normalized spacial score (nSPS) is 19.9. The van der Waals surface area contributed by atoms with E-state index in [-0.39, 0.29) is 11.8 Å². The average molecular weight is 205 g/mol. The van der Waals surface area contributed by atoms with Crippen LogP contribution in [0.15, 0.2) is 12.1 Å². The van der Waals surface area contributed by atoms with Gasteiger partial charge < -0.3 is 10.1 Å². The molecule has 15 heavy (non-hydrogen) atoms. The minimum atomic E-state index is -0.0999. The minimum Gasteiger partial charge on any atom is -0.491 e. The zero-order valence-corrected chi connectivity index (χ0v) is 9.26. The summed E-state index contributed by atoms with van der Waals surface area (Å²) in [7, 11) is 0. The van der Waals surface area contributed by atoms with Gasteiger partial charge in [-0.3, -0.25) is 4.79 Å². The van der Waals surface area contributed by atoms with E-state index in [0.717, 1.165) is 22.6 Å². The predicted octanol–water partition coefficient (Wildman–Crippen LogP) is 2.27. The zero-order valence-electron chi connectivity index (χ0n) is 9.26. The second-order valence-electron chi connectivity index (χ2n) is 4.16. The second kappa shape index (κ2) is 3.57. The van der Waals surface area contributed by atoms with Gasteiger partial charge in [0.05, 0.1) is 18.2 Å². The van der Waals surface area contributed by atoms with Gasteiger partial charge >= 0.3 is 0 Å². The lowest BCUT2D eigenvalue weighted by molar-refractivity contribution is -0.119. The number of hydrogen-bond donors (Lipinski definition) is 1. The lowest BCUT2D eigenvalue weighted by Crippen LogP contribution is -2.22. The lowest BCUT2D eigenvalue weighted by Gasteiger charge is -2.10. The van der Waals surface area contributed by atoms with Crippen LogP contribution < -0.4 is 10.1 Å². The molecule has 0 bridgehead atoms. The molecule has 2 rings (SSSR count). The molecule has 0 saturated heterocycles. The summed E-state index contributed by atoms with van der Waals surface area (Å²) in [6, 6.07) is 4.00. The third-order valence-electron chi connectivity index (χ3n) is 2.63. The van der Waals surface area contributed by atoms with Gasteiger partial charge in [0.25, 0.3) is 0 Å². The van der Waals surface area contributed by atoms with Gasteiger partial charge in [0.1, 0.15) is 5.75 Å². The van der Waals surface area contributed by atoms with Gasteiger partial charge in [-0.1, -0.05) is 13.0 Å². The molecular weight excluding hydrogens is 190 g/mol. The van der Waals surface area contributed by atoms with Crippen molar-refractivity contribution in [1.82, 2.24) is 0 Å². The highest BCUT2D eigenvalue weighted by Gasteiger charge is 2.21. The molecule has 3 heteroatoms. The smallest absolute Gasteiger partial charge is 0.230 e. The van der Waals surface area contributed by atoms with Gasteiger partial charge in [-0.15, -0.1) is 0 Å². The molecule has 1 amide bonds. The van der Waals surface area contributed by atoms with Gasteiger partial charge in [-0.2, -0.15) is 0 Å². The molecule has 1 atom stereocenters. The first-order valence-corrected chi connectivity index (χ1v) is 5.13. The molecule has 80 valence electrons. The van der Waals surface area contributed by atoms with E-state index in [1.165, 1.54) is 0 Å². The Bertz CT molecular complexity index is 412. The molecule has 1 aromatic carbocycles. The monoisotopic (exact) mass is 205 g/mol. The Morgan fingerprint density at radius 2 is 2.13 bits per heavy atom. The number of rotatable bonds is 0. The third-order valence-corrected chi connectivity index (χ3v) is 2.63. The van der Waals surface area contributed by atoms with E-state index in [0.29, 0.717) is 6.61 Å². The van der Waals surface area contributed by atoms with Crippen molar-refractivity contribution in [3.8, 4) is 5.75 Å². The number of anilines is 1. The Balaban J connectivity index is 2.47. The Labute approximate surface area is 89.4 Å². The number of carbonyl (C=O) groups excluding carboxylic acids is 1.